The number of hydrogen-bond acceptors (Lipinski definition) is 3. The molecule has 0 saturated heterocycles. The van der Waals surface area contributed by atoms with Gasteiger partial charge in [-0.15, -0.1) is 0 Å². The average molecular weight is 433 g/mol. The van der Waals surface area contributed by atoms with Gasteiger partial charge >= 0.3 is 0 Å². The van der Waals surface area contributed by atoms with Crippen LogP contribution in [0, 0.1) is 16.3 Å². The van der Waals surface area contributed by atoms with E-state index in [9.17, 15) is 9.18 Å². The van der Waals surface area contributed by atoms with Gasteiger partial charge in [0, 0.05) is 21.0 Å². The molecule has 1 aromatic heterocycles. The summed E-state index contributed by atoms with van der Waals surface area (Å²) in [7, 11) is 0. The van der Waals surface area contributed by atoms with Gasteiger partial charge in [-0.05, 0) is 78.0 Å². The third-order valence-corrected chi connectivity index (χ3v) is 4.15. The number of nitrogens with zero attached hydrogens (tertiary/aromatic N) is 2. The molecule has 6 heteroatoms. The Labute approximate surface area is 152 Å². The second-order valence-electron chi connectivity index (χ2n) is 5.16. The first-order chi connectivity index (χ1) is 11.5. The molecule has 0 aliphatic carbocycles. The predicted octanol–water partition coefficient (Wildman–Crippen LogP) is 4.45. The molecule has 120 valence electrons. The summed E-state index contributed by atoms with van der Waals surface area (Å²) in [5, 5.41) is 2.82. The van der Waals surface area contributed by atoms with E-state index >= 15 is 0 Å². The van der Waals surface area contributed by atoms with Crippen LogP contribution < -0.4 is 5.32 Å². The Balaban J connectivity index is 1.82. The Morgan fingerprint density at radius 1 is 1.08 bits per heavy atom. The van der Waals surface area contributed by atoms with Crippen molar-refractivity contribution in [2.45, 2.75) is 6.92 Å². The third kappa shape index (κ3) is 3.76. The maximum Gasteiger partial charge on any atom is 0.259 e. The van der Waals surface area contributed by atoms with E-state index in [0.29, 0.717) is 28.3 Å². The number of benzene rings is 2. The molecule has 1 amide bonds. The fourth-order valence-electron chi connectivity index (χ4n) is 2.16. The summed E-state index contributed by atoms with van der Waals surface area (Å²) in [5.74, 6) is -0.123. The largest absolute Gasteiger partial charge is 0.322 e. The molecule has 3 rings (SSSR count). The molecule has 4 nitrogen and oxygen atoms in total. The first-order valence-electron chi connectivity index (χ1n) is 7.19. The highest BCUT2D eigenvalue weighted by atomic mass is 127. The number of hydrogen-bond donors (Lipinski definition) is 1. The van der Waals surface area contributed by atoms with Crippen molar-refractivity contribution in [3.63, 3.8) is 0 Å². The number of carbonyl (C=O) groups excluding carboxylic acids is 1. The van der Waals surface area contributed by atoms with E-state index in [1.165, 1.54) is 18.3 Å². The van der Waals surface area contributed by atoms with Crippen molar-refractivity contribution in [2.24, 2.45) is 0 Å². The van der Waals surface area contributed by atoms with Crippen LogP contribution in [0.5, 0.6) is 0 Å². The molecule has 3 aromatic rings. The molecule has 0 atom stereocenters. The number of anilines is 1. The summed E-state index contributed by atoms with van der Waals surface area (Å²) in [4.78, 5) is 20.9. The summed E-state index contributed by atoms with van der Waals surface area (Å²) in [6, 6.07) is 13.4. The molecule has 0 fully saturated rings. The highest BCUT2D eigenvalue weighted by Crippen LogP contribution is 2.18. The van der Waals surface area contributed by atoms with Gasteiger partial charge in [0.15, 0.2) is 5.82 Å². The molecule has 0 spiro atoms. The fourth-order valence-corrected chi connectivity index (χ4v) is 2.52. The van der Waals surface area contributed by atoms with Crippen LogP contribution >= 0.6 is 22.6 Å². The molecule has 2 aromatic carbocycles. The predicted molar refractivity (Wildman–Crippen MR) is 99.3 cm³/mol. The molecule has 0 aliphatic heterocycles. The quantitative estimate of drug-likeness (QED) is 0.622. The lowest BCUT2D eigenvalue weighted by Gasteiger charge is -2.08. The zero-order valence-corrected chi connectivity index (χ0v) is 14.9. The van der Waals surface area contributed by atoms with Crippen LogP contribution in [0.1, 0.15) is 16.1 Å². The summed E-state index contributed by atoms with van der Waals surface area (Å²) >= 11 is 2.20. The molecule has 0 saturated carbocycles. The van der Waals surface area contributed by atoms with Gasteiger partial charge in [-0.3, -0.25) is 4.79 Å². The first kappa shape index (κ1) is 16.5. The number of amides is 1. The van der Waals surface area contributed by atoms with E-state index in [2.05, 4.69) is 37.9 Å². The van der Waals surface area contributed by atoms with E-state index in [1.54, 1.807) is 19.1 Å². The number of carbonyl (C=O) groups is 1. The Morgan fingerprint density at radius 3 is 2.38 bits per heavy atom. The molecule has 1 N–H and O–H groups in total. The van der Waals surface area contributed by atoms with Gasteiger partial charge in [-0.2, -0.15) is 0 Å². The van der Waals surface area contributed by atoms with Crippen LogP contribution in [0.15, 0.2) is 54.7 Å². The average Bonchev–Trinajstić information content (AvgIpc) is 2.57. The monoisotopic (exact) mass is 433 g/mol. The van der Waals surface area contributed by atoms with Crippen molar-refractivity contribution in [1.29, 1.82) is 0 Å². The Hall–Kier alpha value is -2.35. The SMILES string of the molecule is Cc1nc(-c2ccc(F)cc2)ncc1C(=O)Nc1ccc(I)cc1. The van der Waals surface area contributed by atoms with Crippen molar-refractivity contribution < 1.29 is 9.18 Å². The van der Waals surface area contributed by atoms with Gasteiger partial charge in [0.05, 0.1) is 11.3 Å². The van der Waals surface area contributed by atoms with Crippen LogP contribution in [-0.4, -0.2) is 15.9 Å². The minimum absolute atomic E-state index is 0.264. The molecule has 24 heavy (non-hydrogen) atoms. The summed E-state index contributed by atoms with van der Waals surface area (Å²) < 4.78 is 14.1. The smallest absolute Gasteiger partial charge is 0.259 e. The normalized spacial score (nSPS) is 10.5. The van der Waals surface area contributed by atoms with E-state index in [1.807, 2.05) is 24.3 Å². The van der Waals surface area contributed by atoms with Crippen molar-refractivity contribution in [3.8, 4) is 11.4 Å². The molecule has 0 radical (unpaired) electrons. The van der Waals surface area contributed by atoms with Gasteiger partial charge in [-0.1, -0.05) is 0 Å². The lowest BCUT2D eigenvalue weighted by Crippen LogP contribution is -2.15. The van der Waals surface area contributed by atoms with Crippen LogP contribution in [0.4, 0.5) is 10.1 Å². The van der Waals surface area contributed by atoms with E-state index in [-0.39, 0.29) is 11.7 Å². The van der Waals surface area contributed by atoms with Crippen molar-refractivity contribution in [1.82, 2.24) is 9.97 Å². The lowest BCUT2D eigenvalue weighted by atomic mass is 10.1. The standard InChI is InChI=1S/C18H13FIN3O/c1-11-16(18(24)23-15-8-6-14(20)7-9-15)10-21-17(22-11)12-2-4-13(19)5-3-12/h2-10H,1H3,(H,23,24). The van der Waals surface area contributed by atoms with E-state index in [0.717, 1.165) is 3.57 Å². The fraction of sp³-hybridized carbons (Fsp3) is 0.0556. The van der Waals surface area contributed by atoms with Gasteiger partial charge in [0.25, 0.3) is 5.91 Å². The van der Waals surface area contributed by atoms with Gasteiger partial charge < -0.3 is 5.32 Å². The number of aryl methyl sites for hydroxylation is 1. The van der Waals surface area contributed by atoms with Crippen molar-refractivity contribution in [2.75, 3.05) is 5.32 Å². The molecular weight excluding hydrogens is 420 g/mol. The summed E-state index contributed by atoms with van der Waals surface area (Å²) in [5.41, 5.74) is 2.37. The van der Waals surface area contributed by atoms with Gasteiger partial charge in [0.1, 0.15) is 5.82 Å². The maximum absolute atomic E-state index is 13.0. The highest BCUT2D eigenvalue weighted by molar-refractivity contribution is 14.1. The Bertz CT molecular complexity index is 880. The minimum atomic E-state index is -0.316. The van der Waals surface area contributed by atoms with E-state index in [4.69, 9.17) is 0 Å². The van der Waals surface area contributed by atoms with Gasteiger partial charge in [-0.25, -0.2) is 14.4 Å². The number of rotatable bonds is 3. The number of nitrogens with one attached hydrogen (secondary N) is 1. The third-order valence-electron chi connectivity index (χ3n) is 3.43. The van der Waals surface area contributed by atoms with Crippen LogP contribution in [0.2, 0.25) is 0 Å². The first-order valence-corrected chi connectivity index (χ1v) is 8.27. The Morgan fingerprint density at radius 2 is 1.75 bits per heavy atom. The number of aromatic nitrogens is 2. The zero-order valence-electron chi connectivity index (χ0n) is 12.8. The van der Waals surface area contributed by atoms with Gasteiger partial charge in [0.2, 0.25) is 0 Å². The summed E-state index contributed by atoms with van der Waals surface area (Å²) in [6.07, 6.45) is 1.49. The van der Waals surface area contributed by atoms with Crippen molar-refractivity contribution in [3.05, 3.63) is 75.4 Å². The molecular formula is C18H13FIN3O. The van der Waals surface area contributed by atoms with Crippen LogP contribution in [0.3, 0.4) is 0 Å². The summed E-state index contributed by atoms with van der Waals surface area (Å²) in [6.45, 7) is 1.75. The van der Waals surface area contributed by atoms with E-state index < -0.39 is 0 Å². The second-order valence-corrected chi connectivity index (χ2v) is 6.41. The highest BCUT2D eigenvalue weighted by Gasteiger charge is 2.13. The topological polar surface area (TPSA) is 54.9 Å². The zero-order chi connectivity index (χ0) is 17.1. The van der Waals surface area contributed by atoms with Crippen LogP contribution in [-0.2, 0) is 0 Å². The Kier molecular flexibility index (Phi) is 4.84. The van der Waals surface area contributed by atoms with Crippen molar-refractivity contribution >= 4 is 34.2 Å². The molecule has 0 aliphatic rings. The minimum Gasteiger partial charge on any atom is -0.322 e. The number of halogens is 2. The molecule has 1 heterocycles. The molecule has 0 bridgehead atoms. The van der Waals surface area contributed by atoms with Crippen LogP contribution in [0.25, 0.3) is 11.4 Å². The second kappa shape index (κ2) is 7.04. The molecule has 0 unspecified atom stereocenters. The lowest BCUT2D eigenvalue weighted by molar-refractivity contribution is 0.102. The maximum atomic E-state index is 13.0.